The summed E-state index contributed by atoms with van der Waals surface area (Å²) in [6.07, 6.45) is 0.762. The minimum Gasteiger partial charge on any atom is -0.457 e. The zero-order chi connectivity index (χ0) is 13.1. The Morgan fingerprint density at radius 3 is 2.11 bits per heavy atom. The van der Waals surface area contributed by atoms with Gasteiger partial charge in [0.25, 0.3) is 0 Å². The molecular formula is C16H16FO. The largest absolute Gasteiger partial charge is 0.457 e. The van der Waals surface area contributed by atoms with E-state index in [4.69, 9.17) is 4.74 Å². The van der Waals surface area contributed by atoms with Crippen LogP contribution < -0.4 is 4.74 Å². The van der Waals surface area contributed by atoms with Crippen LogP contribution in [0.25, 0.3) is 0 Å². The van der Waals surface area contributed by atoms with E-state index in [1.807, 2.05) is 13.8 Å². The molecule has 93 valence electrons. The van der Waals surface area contributed by atoms with Crippen LogP contribution in [0.15, 0.2) is 36.4 Å². The highest BCUT2D eigenvalue weighted by Crippen LogP contribution is 2.30. The molecule has 0 saturated heterocycles. The van der Waals surface area contributed by atoms with Gasteiger partial charge in [0, 0.05) is 0 Å². The lowest BCUT2D eigenvalue weighted by Gasteiger charge is -2.13. The van der Waals surface area contributed by atoms with E-state index in [1.165, 1.54) is 17.7 Å². The summed E-state index contributed by atoms with van der Waals surface area (Å²) in [6, 6.07) is 10.2. The lowest BCUT2D eigenvalue weighted by molar-refractivity contribution is 0.473. The van der Waals surface area contributed by atoms with Gasteiger partial charge in [0.05, 0.1) is 0 Å². The molecule has 0 atom stereocenters. The van der Waals surface area contributed by atoms with Crippen molar-refractivity contribution in [3.05, 3.63) is 65.8 Å². The van der Waals surface area contributed by atoms with Crippen molar-refractivity contribution < 1.29 is 9.13 Å². The number of ether oxygens (including phenoxy) is 1. The van der Waals surface area contributed by atoms with Crippen molar-refractivity contribution in [2.24, 2.45) is 0 Å². The normalized spacial score (nSPS) is 10.4. The summed E-state index contributed by atoms with van der Waals surface area (Å²) in [5.74, 6) is 1.21. The Kier molecular flexibility index (Phi) is 3.66. The van der Waals surface area contributed by atoms with Crippen LogP contribution in [0, 0.1) is 26.6 Å². The van der Waals surface area contributed by atoms with Gasteiger partial charge in [-0.2, -0.15) is 0 Å². The summed E-state index contributed by atoms with van der Waals surface area (Å²) in [6.45, 7) is 7.89. The highest BCUT2D eigenvalue weighted by Gasteiger charge is 2.07. The van der Waals surface area contributed by atoms with Crippen LogP contribution in [-0.4, -0.2) is 0 Å². The summed E-state index contributed by atoms with van der Waals surface area (Å²) in [4.78, 5) is 0. The maximum Gasteiger partial charge on any atom is 0.133 e. The summed E-state index contributed by atoms with van der Waals surface area (Å²) in [5.41, 5.74) is 3.33. The average molecular weight is 243 g/mol. The summed E-state index contributed by atoms with van der Waals surface area (Å²) < 4.78 is 18.6. The lowest BCUT2D eigenvalue weighted by atomic mass is 10.0. The predicted octanol–water partition coefficient (Wildman–Crippen LogP) is 4.61. The molecule has 0 aromatic heterocycles. The Labute approximate surface area is 107 Å². The third kappa shape index (κ3) is 2.70. The van der Waals surface area contributed by atoms with E-state index in [0.29, 0.717) is 5.75 Å². The first-order chi connectivity index (χ1) is 8.60. The molecule has 0 fully saturated rings. The minimum absolute atomic E-state index is 0.261. The second-order valence-electron chi connectivity index (χ2n) is 4.36. The molecule has 0 aliphatic heterocycles. The molecule has 0 spiro atoms. The molecule has 0 aliphatic carbocycles. The number of aryl methyl sites for hydroxylation is 2. The highest BCUT2D eigenvalue weighted by atomic mass is 19.1. The molecule has 0 N–H and O–H groups in total. The van der Waals surface area contributed by atoms with Gasteiger partial charge in [0.15, 0.2) is 0 Å². The quantitative estimate of drug-likeness (QED) is 0.764. The number of hydrogen-bond donors (Lipinski definition) is 0. The molecule has 0 unspecified atom stereocenters. The Hall–Kier alpha value is -1.83. The summed E-state index contributed by atoms with van der Waals surface area (Å²) in [5, 5.41) is 0. The van der Waals surface area contributed by atoms with Crippen molar-refractivity contribution in [2.75, 3.05) is 0 Å². The second kappa shape index (κ2) is 5.21. The van der Waals surface area contributed by atoms with Crippen molar-refractivity contribution in [1.82, 2.24) is 0 Å². The van der Waals surface area contributed by atoms with Gasteiger partial charge in [-0.05, 0) is 68.1 Å². The van der Waals surface area contributed by atoms with Crippen molar-refractivity contribution in [1.29, 1.82) is 0 Å². The monoisotopic (exact) mass is 243 g/mol. The van der Waals surface area contributed by atoms with E-state index in [0.717, 1.165) is 23.3 Å². The van der Waals surface area contributed by atoms with Gasteiger partial charge < -0.3 is 4.74 Å². The SMILES string of the molecule is [CH2]Cc1cc(C)c(Oc2ccc(F)cc2)c(C)c1. The van der Waals surface area contributed by atoms with E-state index < -0.39 is 0 Å². The topological polar surface area (TPSA) is 9.23 Å². The third-order valence-corrected chi connectivity index (χ3v) is 2.84. The Balaban J connectivity index is 2.31. The van der Waals surface area contributed by atoms with Gasteiger partial charge in [0.2, 0.25) is 0 Å². The van der Waals surface area contributed by atoms with E-state index in [1.54, 1.807) is 12.1 Å². The maximum absolute atomic E-state index is 12.8. The van der Waals surface area contributed by atoms with Gasteiger partial charge in [-0.15, -0.1) is 0 Å². The Bertz CT molecular complexity index is 521. The lowest BCUT2D eigenvalue weighted by Crippen LogP contribution is -1.93. The number of hydrogen-bond acceptors (Lipinski definition) is 1. The molecule has 0 bridgehead atoms. The fraction of sp³-hybridized carbons (Fsp3) is 0.188. The Morgan fingerprint density at radius 2 is 1.61 bits per heavy atom. The number of benzene rings is 2. The first-order valence-electron chi connectivity index (χ1n) is 5.93. The Morgan fingerprint density at radius 1 is 1.06 bits per heavy atom. The van der Waals surface area contributed by atoms with Crippen LogP contribution in [0.4, 0.5) is 4.39 Å². The van der Waals surface area contributed by atoms with Crippen LogP contribution >= 0.6 is 0 Å². The molecule has 0 aliphatic rings. The molecular weight excluding hydrogens is 227 g/mol. The van der Waals surface area contributed by atoms with Crippen LogP contribution in [0.1, 0.15) is 16.7 Å². The molecule has 2 aromatic rings. The van der Waals surface area contributed by atoms with E-state index in [-0.39, 0.29) is 5.82 Å². The summed E-state index contributed by atoms with van der Waals surface area (Å²) >= 11 is 0. The van der Waals surface area contributed by atoms with Gasteiger partial charge in [-0.1, -0.05) is 12.1 Å². The molecule has 0 saturated carbocycles. The van der Waals surface area contributed by atoms with Gasteiger partial charge >= 0.3 is 0 Å². The minimum atomic E-state index is -0.261. The van der Waals surface area contributed by atoms with Crippen LogP contribution in [-0.2, 0) is 6.42 Å². The molecule has 0 amide bonds. The average Bonchev–Trinajstić information content (AvgIpc) is 2.35. The predicted molar refractivity (Wildman–Crippen MR) is 71.5 cm³/mol. The van der Waals surface area contributed by atoms with Crippen LogP contribution in [0.3, 0.4) is 0 Å². The van der Waals surface area contributed by atoms with Gasteiger partial charge in [-0.3, -0.25) is 0 Å². The fourth-order valence-corrected chi connectivity index (χ4v) is 1.97. The molecule has 2 rings (SSSR count). The fourth-order valence-electron chi connectivity index (χ4n) is 1.97. The van der Waals surface area contributed by atoms with E-state index in [9.17, 15) is 4.39 Å². The zero-order valence-corrected chi connectivity index (χ0v) is 10.7. The third-order valence-electron chi connectivity index (χ3n) is 2.84. The molecule has 2 heteroatoms. The summed E-state index contributed by atoms with van der Waals surface area (Å²) in [7, 11) is 0. The molecule has 0 heterocycles. The number of halogens is 1. The standard InChI is InChI=1S/C16H16FO/c1-4-13-9-11(2)16(12(3)10-13)18-15-7-5-14(17)6-8-15/h5-10H,1,4H2,2-3H3. The molecule has 1 radical (unpaired) electrons. The van der Waals surface area contributed by atoms with Gasteiger partial charge in [0.1, 0.15) is 17.3 Å². The molecule has 1 nitrogen and oxygen atoms in total. The van der Waals surface area contributed by atoms with Crippen molar-refractivity contribution >= 4 is 0 Å². The zero-order valence-electron chi connectivity index (χ0n) is 10.7. The van der Waals surface area contributed by atoms with Gasteiger partial charge in [-0.25, -0.2) is 4.39 Å². The van der Waals surface area contributed by atoms with Crippen LogP contribution in [0.5, 0.6) is 11.5 Å². The first kappa shape index (κ1) is 12.6. The highest BCUT2D eigenvalue weighted by molar-refractivity contribution is 5.46. The van der Waals surface area contributed by atoms with Crippen molar-refractivity contribution in [3.8, 4) is 11.5 Å². The number of rotatable bonds is 3. The first-order valence-corrected chi connectivity index (χ1v) is 5.93. The van der Waals surface area contributed by atoms with Crippen molar-refractivity contribution in [2.45, 2.75) is 20.3 Å². The molecule has 18 heavy (non-hydrogen) atoms. The smallest absolute Gasteiger partial charge is 0.133 e. The van der Waals surface area contributed by atoms with E-state index in [2.05, 4.69) is 19.1 Å². The van der Waals surface area contributed by atoms with Crippen molar-refractivity contribution in [3.63, 3.8) is 0 Å². The van der Waals surface area contributed by atoms with E-state index >= 15 is 0 Å². The molecule has 2 aromatic carbocycles. The van der Waals surface area contributed by atoms with Crippen LogP contribution in [0.2, 0.25) is 0 Å². The maximum atomic E-state index is 12.8. The second-order valence-corrected chi connectivity index (χ2v) is 4.36.